The Hall–Kier alpha value is -2.23. The first kappa shape index (κ1) is 11.3. The summed E-state index contributed by atoms with van der Waals surface area (Å²) < 4.78 is 4.77. The first-order valence-corrected chi connectivity index (χ1v) is 5.20. The van der Waals surface area contributed by atoms with Gasteiger partial charge in [-0.3, -0.25) is 0 Å². The molecule has 2 rings (SSSR count). The molecule has 0 N–H and O–H groups in total. The average molecular weight is 228 g/mol. The molecule has 0 aliphatic carbocycles. The number of methoxy groups -OCH3 is 1. The summed E-state index contributed by atoms with van der Waals surface area (Å²) in [6.07, 6.45) is 1.58. The minimum Gasteiger partial charge on any atom is -0.465 e. The lowest BCUT2D eigenvalue weighted by molar-refractivity contribution is 0.0600. The fourth-order valence-corrected chi connectivity index (χ4v) is 1.68. The smallest absolute Gasteiger partial charge is 0.340 e. The number of benzene rings is 1. The third-order valence-corrected chi connectivity index (χ3v) is 2.50. The third kappa shape index (κ3) is 2.15. The van der Waals surface area contributed by atoms with Crippen LogP contribution in [0.25, 0.3) is 11.1 Å². The maximum atomic E-state index is 11.7. The van der Waals surface area contributed by atoms with Crippen molar-refractivity contribution in [1.29, 1.82) is 0 Å². The molecule has 4 heteroatoms. The molecule has 0 saturated heterocycles. The van der Waals surface area contributed by atoms with Crippen molar-refractivity contribution < 1.29 is 9.53 Å². The van der Waals surface area contributed by atoms with Gasteiger partial charge < -0.3 is 4.74 Å². The van der Waals surface area contributed by atoms with E-state index in [0.717, 1.165) is 11.1 Å². The lowest BCUT2D eigenvalue weighted by Gasteiger charge is -2.08. The zero-order valence-corrected chi connectivity index (χ0v) is 9.68. The number of rotatable bonds is 2. The molecule has 86 valence electrons. The number of aromatic nitrogens is 2. The number of nitrogens with zero attached hydrogens (tertiary/aromatic N) is 2. The molecule has 0 unspecified atom stereocenters. The predicted molar refractivity (Wildman–Crippen MR) is 63.5 cm³/mol. The molecule has 0 fully saturated rings. The van der Waals surface area contributed by atoms with Gasteiger partial charge in [0.25, 0.3) is 0 Å². The van der Waals surface area contributed by atoms with E-state index in [4.69, 9.17) is 4.74 Å². The zero-order valence-electron chi connectivity index (χ0n) is 9.68. The molecule has 0 aliphatic heterocycles. The van der Waals surface area contributed by atoms with Crippen molar-refractivity contribution in [3.8, 4) is 11.1 Å². The van der Waals surface area contributed by atoms with E-state index in [2.05, 4.69) is 10.2 Å². The Bertz CT molecular complexity index is 538. The summed E-state index contributed by atoms with van der Waals surface area (Å²) >= 11 is 0. The van der Waals surface area contributed by atoms with Crippen LogP contribution in [0.4, 0.5) is 0 Å². The number of hydrogen-bond donors (Lipinski definition) is 0. The van der Waals surface area contributed by atoms with E-state index in [9.17, 15) is 4.79 Å². The fraction of sp³-hybridized carbons (Fsp3) is 0.154. The first-order chi connectivity index (χ1) is 8.24. The van der Waals surface area contributed by atoms with Crippen LogP contribution < -0.4 is 0 Å². The molecular weight excluding hydrogens is 216 g/mol. The van der Waals surface area contributed by atoms with Gasteiger partial charge in [-0.15, -0.1) is 0 Å². The number of hydrogen-bond acceptors (Lipinski definition) is 4. The topological polar surface area (TPSA) is 52.1 Å². The van der Waals surface area contributed by atoms with Gasteiger partial charge in [0, 0.05) is 5.56 Å². The fourth-order valence-electron chi connectivity index (χ4n) is 1.68. The standard InChI is InChI=1S/C13H12N2O2/c1-9-12(13(16)17-2)11(8-14-15-9)10-6-4-3-5-7-10/h3-8H,1-2H3. The highest BCUT2D eigenvalue weighted by molar-refractivity contribution is 5.97. The van der Waals surface area contributed by atoms with Crippen LogP contribution in [0, 0.1) is 6.92 Å². The maximum Gasteiger partial charge on any atom is 0.340 e. The second-order valence-electron chi connectivity index (χ2n) is 3.58. The van der Waals surface area contributed by atoms with Gasteiger partial charge in [0.05, 0.1) is 24.6 Å². The Morgan fingerprint density at radius 3 is 2.59 bits per heavy atom. The molecule has 1 heterocycles. The molecule has 0 saturated carbocycles. The Balaban J connectivity index is 2.62. The largest absolute Gasteiger partial charge is 0.465 e. The van der Waals surface area contributed by atoms with Crippen molar-refractivity contribution in [2.75, 3.05) is 7.11 Å². The van der Waals surface area contributed by atoms with Crippen LogP contribution in [0.2, 0.25) is 0 Å². The van der Waals surface area contributed by atoms with E-state index in [1.54, 1.807) is 13.1 Å². The predicted octanol–water partition coefficient (Wildman–Crippen LogP) is 2.24. The number of carbonyl (C=O) groups excluding carboxylic acids is 1. The van der Waals surface area contributed by atoms with Crippen molar-refractivity contribution in [3.05, 3.63) is 47.8 Å². The summed E-state index contributed by atoms with van der Waals surface area (Å²) in [4.78, 5) is 11.7. The van der Waals surface area contributed by atoms with E-state index in [-0.39, 0.29) is 0 Å². The molecule has 0 amide bonds. The molecule has 0 spiro atoms. The van der Waals surface area contributed by atoms with Crippen LogP contribution in [0.15, 0.2) is 36.5 Å². The normalized spacial score (nSPS) is 10.0. The van der Waals surface area contributed by atoms with Crippen LogP contribution in [-0.4, -0.2) is 23.3 Å². The molecule has 0 aliphatic rings. The molecule has 0 radical (unpaired) electrons. The van der Waals surface area contributed by atoms with Gasteiger partial charge in [0.2, 0.25) is 0 Å². The van der Waals surface area contributed by atoms with Gasteiger partial charge in [-0.05, 0) is 12.5 Å². The van der Waals surface area contributed by atoms with Gasteiger partial charge in [0.15, 0.2) is 0 Å². The zero-order chi connectivity index (χ0) is 12.3. The van der Waals surface area contributed by atoms with Gasteiger partial charge in [0.1, 0.15) is 0 Å². The summed E-state index contributed by atoms with van der Waals surface area (Å²) in [6.45, 7) is 1.74. The van der Waals surface area contributed by atoms with E-state index in [1.807, 2.05) is 30.3 Å². The third-order valence-electron chi connectivity index (χ3n) is 2.50. The van der Waals surface area contributed by atoms with Crippen molar-refractivity contribution in [1.82, 2.24) is 10.2 Å². The van der Waals surface area contributed by atoms with Crippen molar-refractivity contribution in [2.24, 2.45) is 0 Å². The average Bonchev–Trinajstić information content (AvgIpc) is 2.38. The van der Waals surface area contributed by atoms with E-state index < -0.39 is 5.97 Å². The maximum absolute atomic E-state index is 11.7. The molecule has 0 atom stereocenters. The van der Waals surface area contributed by atoms with Crippen LogP contribution in [0.5, 0.6) is 0 Å². The van der Waals surface area contributed by atoms with E-state index in [0.29, 0.717) is 11.3 Å². The minimum absolute atomic E-state index is 0.392. The number of carbonyl (C=O) groups is 1. The van der Waals surface area contributed by atoms with Crippen LogP contribution in [0.3, 0.4) is 0 Å². The highest BCUT2D eigenvalue weighted by atomic mass is 16.5. The van der Waals surface area contributed by atoms with Crippen molar-refractivity contribution in [3.63, 3.8) is 0 Å². The van der Waals surface area contributed by atoms with Crippen molar-refractivity contribution in [2.45, 2.75) is 6.92 Å². The Labute approximate surface area is 99.3 Å². The highest BCUT2D eigenvalue weighted by Crippen LogP contribution is 2.24. The molecule has 17 heavy (non-hydrogen) atoms. The van der Waals surface area contributed by atoms with E-state index >= 15 is 0 Å². The summed E-state index contributed by atoms with van der Waals surface area (Å²) in [7, 11) is 1.36. The van der Waals surface area contributed by atoms with Gasteiger partial charge >= 0.3 is 5.97 Å². The minimum atomic E-state index is -0.392. The lowest BCUT2D eigenvalue weighted by atomic mass is 10.0. The summed E-state index contributed by atoms with van der Waals surface area (Å²) in [5.41, 5.74) is 2.70. The number of ether oxygens (including phenoxy) is 1. The van der Waals surface area contributed by atoms with Gasteiger partial charge in [-0.25, -0.2) is 4.79 Å². The molecule has 1 aromatic heterocycles. The summed E-state index contributed by atoms with van der Waals surface area (Å²) in [5.74, 6) is -0.392. The van der Waals surface area contributed by atoms with Crippen LogP contribution >= 0.6 is 0 Å². The second-order valence-corrected chi connectivity index (χ2v) is 3.58. The van der Waals surface area contributed by atoms with Gasteiger partial charge in [-0.2, -0.15) is 10.2 Å². The first-order valence-electron chi connectivity index (χ1n) is 5.20. The summed E-state index contributed by atoms with van der Waals surface area (Å²) in [6, 6.07) is 9.58. The van der Waals surface area contributed by atoms with E-state index in [1.165, 1.54) is 7.11 Å². The molecular formula is C13H12N2O2. The number of aryl methyl sites for hydroxylation is 1. The molecule has 2 aromatic rings. The van der Waals surface area contributed by atoms with Crippen molar-refractivity contribution >= 4 is 5.97 Å². The quantitative estimate of drug-likeness (QED) is 0.740. The second kappa shape index (κ2) is 4.74. The summed E-state index contributed by atoms with van der Waals surface area (Å²) in [5, 5.41) is 7.76. The molecule has 0 bridgehead atoms. The highest BCUT2D eigenvalue weighted by Gasteiger charge is 2.17. The number of esters is 1. The van der Waals surface area contributed by atoms with Crippen LogP contribution in [0.1, 0.15) is 16.1 Å². The van der Waals surface area contributed by atoms with Crippen LogP contribution in [-0.2, 0) is 4.74 Å². The van der Waals surface area contributed by atoms with Gasteiger partial charge in [-0.1, -0.05) is 30.3 Å². The Morgan fingerprint density at radius 1 is 1.24 bits per heavy atom. The molecule has 1 aromatic carbocycles. The SMILES string of the molecule is COC(=O)c1c(-c2ccccc2)cnnc1C. The Kier molecular flexibility index (Phi) is 3.14. The molecule has 4 nitrogen and oxygen atoms in total. The Morgan fingerprint density at radius 2 is 1.94 bits per heavy atom. The monoisotopic (exact) mass is 228 g/mol. The lowest BCUT2D eigenvalue weighted by Crippen LogP contribution is -2.08.